The maximum Gasteiger partial charge on any atom is 0.432 e. The van der Waals surface area contributed by atoms with E-state index in [1.807, 2.05) is 6.92 Å². The van der Waals surface area contributed by atoms with Crippen LogP contribution >= 0.6 is 0 Å². The van der Waals surface area contributed by atoms with E-state index in [9.17, 15) is 49.5 Å². The van der Waals surface area contributed by atoms with Crippen LogP contribution in [0.15, 0.2) is 0 Å². The molecule has 0 aromatic heterocycles. The first-order chi connectivity index (χ1) is 22.8. The summed E-state index contributed by atoms with van der Waals surface area (Å²) < 4.78 is 120. The molecule has 0 aromatic rings. The van der Waals surface area contributed by atoms with Gasteiger partial charge >= 0.3 is 45.4 Å². The highest BCUT2D eigenvalue weighted by Crippen LogP contribution is 2.69. The molecule has 0 bridgehead atoms. The topological polar surface area (TPSA) is 160 Å². The number of rotatable bonds is 10. The fourth-order valence-electron chi connectivity index (χ4n) is 10.3. The van der Waals surface area contributed by atoms with Crippen LogP contribution < -0.4 is 0 Å². The fourth-order valence-corrected chi connectivity index (χ4v) is 10.8. The molecule has 0 aromatic carbocycles. The van der Waals surface area contributed by atoms with E-state index >= 15 is 0 Å². The summed E-state index contributed by atoms with van der Waals surface area (Å²) in [6.45, 7) is 9.90. The Morgan fingerprint density at radius 1 is 0.860 bits per heavy atom. The van der Waals surface area contributed by atoms with Gasteiger partial charge in [-0.05, 0) is 86.4 Å². The minimum Gasteiger partial charge on any atom is -0.463 e. The molecule has 286 valence electrons. The second-order valence-electron chi connectivity index (χ2n) is 15.2. The zero-order valence-electron chi connectivity index (χ0n) is 29.0. The van der Waals surface area contributed by atoms with Gasteiger partial charge in [-0.3, -0.25) is 23.7 Å². The lowest BCUT2D eigenvalue weighted by atomic mass is 9.43. The highest BCUT2D eigenvalue weighted by atomic mass is 32.2. The minimum absolute atomic E-state index is 0.0425. The van der Waals surface area contributed by atoms with E-state index in [0.717, 1.165) is 6.42 Å². The van der Waals surface area contributed by atoms with Crippen molar-refractivity contribution in [2.45, 2.75) is 135 Å². The average molecular weight is 747 g/mol. The molecule has 0 saturated heterocycles. The number of hydrogen-bond acceptors (Lipinski definition) is 10. The highest BCUT2D eigenvalue weighted by Gasteiger charge is 2.68. The Morgan fingerprint density at radius 3 is 2.00 bits per heavy atom. The maximum absolute atomic E-state index is 14.0. The van der Waals surface area contributed by atoms with Crippen LogP contribution in [0.1, 0.15) is 99.3 Å². The van der Waals surface area contributed by atoms with Gasteiger partial charge in [-0.25, -0.2) is 0 Å². The molecule has 0 aliphatic heterocycles. The Balaban J connectivity index is 1.60. The predicted molar refractivity (Wildman–Crippen MR) is 163 cm³/mol. The van der Waals surface area contributed by atoms with Crippen LogP contribution in [-0.2, 0) is 48.2 Å². The highest BCUT2D eigenvalue weighted by molar-refractivity contribution is 7.86. The molecular weight excluding hydrogens is 699 g/mol. The Bertz CT molecular complexity index is 1440. The van der Waals surface area contributed by atoms with E-state index in [1.165, 1.54) is 20.8 Å². The van der Waals surface area contributed by atoms with Crippen molar-refractivity contribution in [1.82, 2.24) is 0 Å². The predicted octanol–water partition coefficient (Wildman–Crippen LogP) is 6.03. The van der Waals surface area contributed by atoms with Gasteiger partial charge < -0.3 is 18.9 Å². The first kappa shape index (κ1) is 40.2. The molecule has 11 nitrogen and oxygen atoms in total. The molecule has 0 spiro atoms. The van der Waals surface area contributed by atoms with Crippen LogP contribution in [-0.4, -0.2) is 72.7 Å². The summed E-state index contributed by atoms with van der Waals surface area (Å²) in [6.07, 6.45) is -8.54. The quantitative estimate of drug-likeness (QED) is 0.120. The van der Waals surface area contributed by atoms with Crippen molar-refractivity contribution in [3.05, 3.63) is 0 Å². The largest absolute Gasteiger partial charge is 0.463 e. The van der Waals surface area contributed by atoms with Gasteiger partial charge in [-0.2, -0.15) is 30.4 Å². The molecule has 50 heavy (non-hydrogen) atoms. The normalized spacial score (nSPS) is 36.9. The number of alkyl halides is 5. The Labute approximate surface area is 288 Å². The summed E-state index contributed by atoms with van der Waals surface area (Å²) in [4.78, 5) is 49.2. The molecule has 4 fully saturated rings. The summed E-state index contributed by atoms with van der Waals surface area (Å²) >= 11 is 0. The van der Waals surface area contributed by atoms with Gasteiger partial charge in [0.15, 0.2) is 0 Å². The van der Waals surface area contributed by atoms with E-state index in [0.29, 0.717) is 38.5 Å². The SMILES string of the molecule is CC(=O)O[C@@H]1CC[C@@]2(C)[C@@H](C1)C[C@@H](OC(C)=O)[C@@H]1[C@@H]2C[C@H](OC(C)=O)[C@]2(C)[C@@H](C(C)CCC(=O)OC(C(F)(F)F)C(F)(F)S(=O)(=O)O)CC[C@@H]12. The number of carbonyl (C=O) groups is 4. The molecule has 4 saturated carbocycles. The van der Waals surface area contributed by atoms with Crippen LogP contribution in [0.25, 0.3) is 0 Å². The van der Waals surface area contributed by atoms with Crippen molar-refractivity contribution in [3.8, 4) is 0 Å². The fraction of sp³-hybridized carbons (Fsp3) is 0.879. The van der Waals surface area contributed by atoms with Crippen LogP contribution in [0.4, 0.5) is 22.0 Å². The molecular formula is C33H47F5O11S. The summed E-state index contributed by atoms with van der Waals surface area (Å²) in [7, 11) is -6.58. The van der Waals surface area contributed by atoms with E-state index in [1.54, 1.807) is 6.92 Å². The van der Waals surface area contributed by atoms with Crippen molar-refractivity contribution in [1.29, 1.82) is 0 Å². The average Bonchev–Trinajstić information content (AvgIpc) is 3.31. The molecule has 17 heteroatoms. The van der Waals surface area contributed by atoms with Crippen molar-refractivity contribution in [2.24, 2.45) is 46.3 Å². The summed E-state index contributed by atoms with van der Waals surface area (Å²) in [6, 6.07) is 0. The van der Waals surface area contributed by atoms with Crippen molar-refractivity contribution in [2.75, 3.05) is 0 Å². The van der Waals surface area contributed by atoms with Crippen LogP contribution in [0, 0.1) is 46.3 Å². The third-order valence-corrected chi connectivity index (χ3v) is 13.3. The van der Waals surface area contributed by atoms with Gasteiger partial charge in [0.1, 0.15) is 18.3 Å². The molecule has 12 atom stereocenters. The number of ether oxygens (including phenoxy) is 4. The number of halogens is 5. The van der Waals surface area contributed by atoms with Gasteiger partial charge in [0.2, 0.25) is 0 Å². The molecule has 0 amide bonds. The zero-order valence-corrected chi connectivity index (χ0v) is 29.8. The third kappa shape index (κ3) is 7.63. The third-order valence-electron chi connectivity index (χ3n) is 12.4. The standard InChI is InChI=1S/C33H47F5O11S/c1-16(7-10-27(42)49-29(32(34,35)36)33(37,38)50(43,44)45)22-8-9-23-28-24(15-26(31(22,23)6)48-19(4)41)30(5)12-11-21(46-17(2)39)13-20(30)14-25(28)47-18(3)40/h16,20-26,28-29H,7-15H2,1-6H3,(H,43,44,45)/t16?,20-,21+,22+,23-,24-,25+,26-,28-,29?,30-,31+/m0/s1. The summed E-state index contributed by atoms with van der Waals surface area (Å²) in [5, 5.41) is -5.83. The van der Waals surface area contributed by atoms with Gasteiger partial charge in [-0.15, -0.1) is 0 Å². The summed E-state index contributed by atoms with van der Waals surface area (Å²) in [5.41, 5.74) is -0.997. The number of hydrogen-bond donors (Lipinski definition) is 1. The van der Waals surface area contributed by atoms with Gasteiger partial charge in [-0.1, -0.05) is 20.8 Å². The first-order valence-electron chi connectivity index (χ1n) is 17.0. The van der Waals surface area contributed by atoms with Crippen LogP contribution in [0.3, 0.4) is 0 Å². The Morgan fingerprint density at radius 2 is 1.46 bits per heavy atom. The zero-order chi connectivity index (χ0) is 37.8. The van der Waals surface area contributed by atoms with Gasteiger partial charge in [0.25, 0.3) is 6.10 Å². The minimum atomic E-state index is -6.58. The molecule has 4 rings (SSSR count). The first-order valence-corrected chi connectivity index (χ1v) is 18.4. The molecule has 4 aliphatic carbocycles. The van der Waals surface area contributed by atoms with Crippen LogP contribution in [0.5, 0.6) is 0 Å². The van der Waals surface area contributed by atoms with Gasteiger partial charge in [0.05, 0.1) is 0 Å². The number of carbonyl (C=O) groups excluding carboxylic acids is 4. The van der Waals surface area contributed by atoms with Crippen LogP contribution in [0.2, 0.25) is 0 Å². The monoisotopic (exact) mass is 746 g/mol. The molecule has 0 heterocycles. The van der Waals surface area contributed by atoms with E-state index < -0.39 is 75.5 Å². The number of fused-ring (bicyclic) bond motifs is 5. The molecule has 2 unspecified atom stereocenters. The summed E-state index contributed by atoms with van der Waals surface area (Å²) in [5.74, 6) is -4.05. The van der Waals surface area contributed by atoms with E-state index in [2.05, 4.69) is 11.7 Å². The van der Waals surface area contributed by atoms with Gasteiger partial charge in [0, 0.05) is 38.5 Å². The molecule has 1 N–H and O–H groups in total. The van der Waals surface area contributed by atoms with Crippen molar-refractivity contribution < 1.29 is 73.0 Å². The van der Waals surface area contributed by atoms with Crippen molar-refractivity contribution >= 4 is 34.0 Å². The van der Waals surface area contributed by atoms with E-state index in [4.69, 9.17) is 18.8 Å². The molecule has 4 aliphatic rings. The maximum atomic E-state index is 14.0. The lowest BCUT2D eigenvalue weighted by molar-refractivity contribution is -0.259. The van der Waals surface area contributed by atoms with E-state index in [-0.39, 0.29) is 53.5 Å². The Kier molecular flexibility index (Phi) is 11.3. The number of esters is 4. The second kappa shape index (κ2) is 14.1. The van der Waals surface area contributed by atoms with Crippen molar-refractivity contribution in [3.63, 3.8) is 0 Å². The lowest BCUT2D eigenvalue weighted by Crippen LogP contribution is -2.63. The Hall–Kier alpha value is -2.56. The lowest BCUT2D eigenvalue weighted by Gasteiger charge is -2.64. The second-order valence-corrected chi connectivity index (χ2v) is 16.7. The molecule has 0 radical (unpaired) electrons. The smallest absolute Gasteiger partial charge is 0.432 e.